The summed E-state index contributed by atoms with van der Waals surface area (Å²) in [6.45, 7) is 5.18. The van der Waals surface area contributed by atoms with Gasteiger partial charge in [0, 0.05) is 38.1 Å². The van der Waals surface area contributed by atoms with Gasteiger partial charge in [-0.05, 0) is 30.7 Å². The average molecular weight is 281 g/mol. The van der Waals surface area contributed by atoms with Crippen LogP contribution in [0.15, 0.2) is 48.7 Å². The fourth-order valence-electron chi connectivity index (χ4n) is 2.56. The lowest BCUT2D eigenvalue weighted by molar-refractivity contribution is 0.0741. The van der Waals surface area contributed by atoms with Crippen molar-refractivity contribution in [1.29, 1.82) is 0 Å². The molecule has 0 bridgehead atoms. The van der Waals surface area contributed by atoms with Crippen LogP contribution in [-0.2, 0) is 0 Å². The zero-order chi connectivity index (χ0) is 14.7. The van der Waals surface area contributed by atoms with Crippen molar-refractivity contribution in [3.63, 3.8) is 0 Å². The molecule has 3 rings (SSSR count). The Morgan fingerprint density at radius 1 is 1.00 bits per heavy atom. The molecule has 1 amide bonds. The molecular weight excluding hydrogens is 262 g/mol. The number of carbonyl (C=O) groups is 1. The molecule has 1 saturated heterocycles. The first-order valence-corrected chi connectivity index (χ1v) is 7.26. The van der Waals surface area contributed by atoms with Gasteiger partial charge in [-0.25, -0.2) is 0 Å². The van der Waals surface area contributed by atoms with E-state index in [1.807, 2.05) is 36.1 Å². The van der Waals surface area contributed by atoms with Crippen LogP contribution < -0.4 is 4.90 Å². The Bertz CT molecular complexity index is 602. The maximum Gasteiger partial charge on any atom is 0.272 e. The van der Waals surface area contributed by atoms with E-state index in [0.717, 1.165) is 31.7 Å². The third-order valence-corrected chi connectivity index (χ3v) is 3.82. The van der Waals surface area contributed by atoms with E-state index >= 15 is 0 Å². The van der Waals surface area contributed by atoms with E-state index in [1.54, 1.807) is 12.3 Å². The number of nitrogens with zero attached hydrogens (tertiary/aromatic N) is 3. The van der Waals surface area contributed by atoms with E-state index in [4.69, 9.17) is 0 Å². The van der Waals surface area contributed by atoms with Crippen molar-refractivity contribution in [1.82, 2.24) is 9.88 Å². The molecule has 0 radical (unpaired) electrons. The van der Waals surface area contributed by atoms with Gasteiger partial charge in [-0.3, -0.25) is 9.78 Å². The molecule has 21 heavy (non-hydrogen) atoms. The zero-order valence-electron chi connectivity index (χ0n) is 12.2. The molecule has 1 aromatic heterocycles. The molecule has 1 fully saturated rings. The van der Waals surface area contributed by atoms with Gasteiger partial charge in [0.15, 0.2) is 0 Å². The van der Waals surface area contributed by atoms with E-state index in [0.29, 0.717) is 5.69 Å². The number of benzene rings is 1. The lowest BCUT2D eigenvalue weighted by Crippen LogP contribution is -2.49. The first-order chi connectivity index (χ1) is 10.2. The summed E-state index contributed by atoms with van der Waals surface area (Å²) < 4.78 is 0. The van der Waals surface area contributed by atoms with Crippen LogP contribution >= 0.6 is 0 Å². The molecular formula is C17H19N3O. The first kappa shape index (κ1) is 13.6. The van der Waals surface area contributed by atoms with Crippen molar-refractivity contribution in [2.45, 2.75) is 6.92 Å². The quantitative estimate of drug-likeness (QED) is 0.848. The van der Waals surface area contributed by atoms with Crippen LogP contribution in [0.3, 0.4) is 0 Å². The van der Waals surface area contributed by atoms with Crippen molar-refractivity contribution in [3.05, 3.63) is 59.9 Å². The fourth-order valence-corrected chi connectivity index (χ4v) is 2.56. The number of pyridine rings is 1. The number of hydrogen-bond donors (Lipinski definition) is 0. The summed E-state index contributed by atoms with van der Waals surface area (Å²) in [5.41, 5.74) is 2.83. The highest BCUT2D eigenvalue weighted by atomic mass is 16.2. The number of rotatable bonds is 2. The summed E-state index contributed by atoms with van der Waals surface area (Å²) in [6.07, 6.45) is 1.74. The van der Waals surface area contributed by atoms with E-state index in [-0.39, 0.29) is 5.91 Å². The van der Waals surface area contributed by atoms with E-state index in [9.17, 15) is 4.79 Å². The molecule has 2 heterocycles. The summed E-state index contributed by atoms with van der Waals surface area (Å²) in [6, 6.07) is 14.1. The molecule has 0 unspecified atom stereocenters. The second-order valence-corrected chi connectivity index (χ2v) is 5.34. The van der Waals surface area contributed by atoms with Crippen LogP contribution in [0, 0.1) is 6.92 Å². The molecule has 1 aliphatic rings. The van der Waals surface area contributed by atoms with Crippen molar-refractivity contribution in [2.75, 3.05) is 31.1 Å². The number of carbonyl (C=O) groups excluding carboxylic acids is 1. The van der Waals surface area contributed by atoms with Gasteiger partial charge in [-0.15, -0.1) is 0 Å². The lowest BCUT2D eigenvalue weighted by Gasteiger charge is -2.36. The largest absolute Gasteiger partial charge is 0.368 e. The molecule has 1 aromatic carbocycles. The second kappa shape index (κ2) is 5.95. The van der Waals surface area contributed by atoms with Crippen LogP contribution in [0.5, 0.6) is 0 Å². The SMILES string of the molecule is Cc1ccc(C(=O)N2CCN(c3ccccc3)CC2)nc1. The Hall–Kier alpha value is -2.36. The molecule has 0 spiro atoms. The number of para-hydroxylation sites is 1. The van der Waals surface area contributed by atoms with Crippen LogP contribution in [0.1, 0.15) is 16.1 Å². The monoisotopic (exact) mass is 281 g/mol. The highest BCUT2D eigenvalue weighted by molar-refractivity contribution is 5.92. The summed E-state index contributed by atoms with van der Waals surface area (Å²) in [5.74, 6) is 0.0303. The molecule has 1 aliphatic heterocycles. The third kappa shape index (κ3) is 3.05. The Morgan fingerprint density at radius 2 is 1.71 bits per heavy atom. The van der Waals surface area contributed by atoms with Gasteiger partial charge in [-0.1, -0.05) is 24.3 Å². The van der Waals surface area contributed by atoms with Gasteiger partial charge in [0.05, 0.1) is 0 Å². The summed E-state index contributed by atoms with van der Waals surface area (Å²) in [4.78, 5) is 20.8. The van der Waals surface area contributed by atoms with Gasteiger partial charge >= 0.3 is 0 Å². The van der Waals surface area contributed by atoms with E-state index < -0.39 is 0 Å². The number of aromatic nitrogens is 1. The lowest BCUT2D eigenvalue weighted by atomic mass is 10.2. The fraction of sp³-hybridized carbons (Fsp3) is 0.294. The zero-order valence-corrected chi connectivity index (χ0v) is 12.2. The minimum Gasteiger partial charge on any atom is -0.368 e. The van der Waals surface area contributed by atoms with Crippen LogP contribution in [-0.4, -0.2) is 42.0 Å². The standard InChI is InChI=1S/C17H19N3O/c1-14-7-8-16(18-13-14)17(21)20-11-9-19(10-12-20)15-5-3-2-4-6-15/h2-8,13H,9-12H2,1H3. The molecule has 0 N–H and O–H groups in total. The van der Waals surface area contributed by atoms with Gasteiger partial charge in [0.25, 0.3) is 5.91 Å². The van der Waals surface area contributed by atoms with Crippen LogP contribution in [0.4, 0.5) is 5.69 Å². The molecule has 4 heteroatoms. The van der Waals surface area contributed by atoms with E-state index in [1.165, 1.54) is 5.69 Å². The molecule has 0 atom stereocenters. The molecule has 0 saturated carbocycles. The van der Waals surface area contributed by atoms with Crippen molar-refractivity contribution in [3.8, 4) is 0 Å². The van der Waals surface area contributed by atoms with Gasteiger partial charge < -0.3 is 9.80 Å². The number of hydrogen-bond acceptors (Lipinski definition) is 3. The summed E-state index contributed by atoms with van der Waals surface area (Å²) in [7, 11) is 0. The second-order valence-electron chi connectivity index (χ2n) is 5.34. The number of piperazine rings is 1. The van der Waals surface area contributed by atoms with Crippen LogP contribution in [0.2, 0.25) is 0 Å². The number of aryl methyl sites for hydroxylation is 1. The Morgan fingerprint density at radius 3 is 2.33 bits per heavy atom. The number of amides is 1. The minimum atomic E-state index is 0.0303. The normalized spacial score (nSPS) is 15.1. The smallest absolute Gasteiger partial charge is 0.272 e. The Kier molecular flexibility index (Phi) is 3.86. The summed E-state index contributed by atoms with van der Waals surface area (Å²) in [5, 5.41) is 0. The molecule has 4 nitrogen and oxygen atoms in total. The Labute approximate surface area is 125 Å². The number of anilines is 1. The van der Waals surface area contributed by atoms with Crippen LogP contribution in [0.25, 0.3) is 0 Å². The third-order valence-electron chi connectivity index (χ3n) is 3.82. The van der Waals surface area contributed by atoms with E-state index in [2.05, 4.69) is 22.0 Å². The van der Waals surface area contributed by atoms with Crippen molar-refractivity contribution in [2.24, 2.45) is 0 Å². The summed E-state index contributed by atoms with van der Waals surface area (Å²) >= 11 is 0. The molecule has 108 valence electrons. The average Bonchev–Trinajstić information content (AvgIpc) is 2.56. The molecule has 2 aromatic rings. The van der Waals surface area contributed by atoms with Gasteiger partial charge in [0.2, 0.25) is 0 Å². The van der Waals surface area contributed by atoms with Crippen molar-refractivity contribution >= 4 is 11.6 Å². The highest BCUT2D eigenvalue weighted by Gasteiger charge is 2.22. The predicted octanol–water partition coefficient (Wildman–Crippen LogP) is 2.35. The first-order valence-electron chi connectivity index (χ1n) is 7.26. The van der Waals surface area contributed by atoms with Gasteiger partial charge in [0.1, 0.15) is 5.69 Å². The molecule has 0 aliphatic carbocycles. The minimum absolute atomic E-state index is 0.0303. The highest BCUT2D eigenvalue weighted by Crippen LogP contribution is 2.16. The topological polar surface area (TPSA) is 36.4 Å². The maximum absolute atomic E-state index is 12.4. The predicted molar refractivity (Wildman–Crippen MR) is 83.5 cm³/mol. The van der Waals surface area contributed by atoms with Gasteiger partial charge in [-0.2, -0.15) is 0 Å². The maximum atomic E-state index is 12.4. The van der Waals surface area contributed by atoms with Crippen molar-refractivity contribution < 1.29 is 4.79 Å². The Balaban J connectivity index is 1.63.